The van der Waals surface area contributed by atoms with E-state index in [1.807, 2.05) is 6.92 Å². The Bertz CT molecular complexity index is 691. The van der Waals surface area contributed by atoms with E-state index in [-0.39, 0.29) is 11.3 Å². The number of nitrogens with zero attached hydrogens (tertiary/aromatic N) is 4. The van der Waals surface area contributed by atoms with Gasteiger partial charge < -0.3 is 14.7 Å². The standard InChI is InChI=1S/C19H29N5O2/c1-13-21-18(26-22-13)24-11-14-3-4-15(24)9-16(14)23-7-2-5-19(6-8-23)10-17(25)20-12-19/h14-16H,2-12H2,1H3,(H,20,25). The molecule has 1 aromatic rings. The first kappa shape index (κ1) is 16.5. The molecule has 7 nitrogen and oxygen atoms in total. The highest BCUT2D eigenvalue weighted by atomic mass is 16.5. The Hall–Kier alpha value is -1.63. The van der Waals surface area contributed by atoms with Crippen LogP contribution in [0.5, 0.6) is 0 Å². The fraction of sp³-hybridized carbons (Fsp3) is 0.842. The molecule has 4 unspecified atom stereocenters. The van der Waals surface area contributed by atoms with Crippen LogP contribution < -0.4 is 10.2 Å². The fourth-order valence-corrected chi connectivity index (χ4v) is 5.88. The van der Waals surface area contributed by atoms with Crippen LogP contribution in [0.3, 0.4) is 0 Å². The van der Waals surface area contributed by atoms with Gasteiger partial charge in [-0.25, -0.2) is 0 Å². The van der Waals surface area contributed by atoms with Crippen LogP contribution in [-0.2, 0) is 4.79 Å². The van der Waals surface area contributed by atoms with E-state index in [0.29, 0.717) is 24.0 Å². The van der Waals surface area contributed by atoms with Crippen LogP contribution in [0.1, 0.15) is 50.8 Å². The second-order valence-corrected chi connectivity index (χ2v) is 8.91. The molecule has 0 aromatic carbocycles. The van der Waals surface area contributed by atoms with Crippen molar-refractivity contribution in [1.29, 1.82) is 0 Å². The molecule has 4 aliphatic heterocycles. The monoisotopic (exact) mass is 359 g/mol. The van der Waals surface area contributed by atoms with Crippen molar-refractivity contribution in [2.75, 3.05) is 31.1 Å². The van der Waals surface area contributed by atoms with Crippen LogP contribution in [0.15, 0.2) is 4.52 Å². The highest BCUT2D eigenvalue weighted by molar-refractivity contribution is 5.79. The predicted octanol–water partition coefficient (Wildman–Crippen LogP) is 1.73. The number of amides is 1. The summed E-state index contributed by atoms with van der Waals surface area (Å²) in [5.74, 6) is 1.65. The summed E-state index contributed by atoms with van der Waals surface area (Å²) in [6.45, 7) is 6.14. The van der Waals surface area contributed by atoms with Gasteiger partial charge in [-0.2, -0.15) is 4.98 Å². The molecule has 1 aromatic heterocycles. The first-order valence-corrected chi connectivity index (χ1v) is 10.2. The fourth-order valence-electron chi connectivity index (χ4n) is 5.88. The second-order valence-electron chi connectivity index (χ2n) is 8.91. The van der Waals surface area contributed by atoms with Crippen LogP contribution >= 0.6 is 0 Å². The SMILES string of the molecule is Cc1noc(N2CC3CCC2CC3N2CCCC3(CC2)CNC(=O)C3)n1. The van der Waals surface area contributed by atoms with E-state index in [0.717, 1.165) is 38.3 Å². The molecule has 5 fully saturated rings. The summed E-state index contributed by atoms with van der Waals surface area (Å²) < 4.78 is 5.44. The summed E-state index contributed by atoms with van der Waals surface area (Å²) in [6, 6.07) is 1.91. The Balaban J connectivity index is 1.26. The third-order valence-corrected chi connectivity index (χ3v) is 7.31. The van der Waals surface area contributed by atoms with Gasteiger partial charge in [0, 0.05) is 31.6 Å². The maximum absolute atomic E-state index is 11.7. The lowest BCUT2D eigenvalue weighted by atomic mass is 9.75. The molecule has 26 heavy (non-hydrogen) atoms. The molecule has 2 bridgehead atoms. The summed E-state index contributed by atoms with van der Waals surface area (Å²) in [5.41, 5.74) is 0.229. The Morgan fingerprint density at radius 1 is 1.27 bits per heavy atom. The molecule has 7 heteroatoms. The van der Waals surface area contributed by atoms with Crippen molar-refractivity contribution in [3.8, 4) is 0 Å². The summed E-state index contributed by atoms with van der Waals surface area (Å²) in [7, 11) is 0. The lowest BCUT2D eigenvalue weighted by molar-refractivity contribution is -0.119. The number of nitrogens with one attached hydrogen (secondary N) is 1. The van der Waals surface area contributed by atoms with Gasteiger partial charge in [0.25, 0.3) is 0 Å². The zero-order valence-corrected chi connectivity index (χ0v) is 15.6. The molecule has 4 saturated heterocycles. The number of likely N-dealkylation sites (tertiary alicyclic amines) is 1. The van der Waals surface area contributed by atoms with Gasteiger partial charge in [-0.3, -0.25) is 9.69 Å². The minimum atomic E-state index is 0.229. The third kappa shape index (κ3) is 2.80. The van der Waals surface area contributed by atoms with Crippen molar-refractivity contribution in [2.24, 2.45) is 11.3 Å². The van der Waals surface area contributed by atoms with Crippen LogP contribution in [0.25, 0.3) is 0 Å². The zero-order valence-electron chi connectivity index (χ0n) is 15.6. The first-order valence-electron chi connectivity index (χ1n) is 10.2. The van der Waals surface area contributed by atoms with Crippen molar-refractivity contribution in [1.82, 2.24) is 20.4 Å². The Kier molecular flexibility index (Phi) is 3.95. The minimum absolute atomic E-state index is 0.229. The molecule has 1 amide bonds. The first-order chi connectivity index (χ1) is 12.6. The summed E-state index contributed by atoms with van der Waals surface area (Å²) in [4.78, 5) is 21.3. The van der Waals surface area contributed by atoms with Gasteiger partial charge >= 0.3 is 6.01 Å². The van der Waals surface area contributed by atoms with E-state index in [2.05, 4.69) is 25.3 Å². The number of aromatic nitrogens is 2. The highest BCUT2D eigenvalue weighted by Gasteiger charge is 2.46. The quantitative estimate of drug-likeness (QED) is 0.867. The van der Waals surface area contributed by atoms with Gasteiger partial charge in [-0.15, -0.1) is 0 Å². The van der Waals surface area contributed by atoms with E-state index >= 15 is 0 Å². The van der Waals surface area contributed by atoms with Gasteiger partial charge in [-0.1, -0.05) is 5.16 Å². The van der Waals surface area contributed by atoms with E-state index in [4.69, 9.17) is 4.52 Å². The largest absolute Gasteiger partial charge is 0.356 e. The maximum Gasteiger partial charge on any atom is 0.324 e. The minimum Gasteiger partial charge on any atom is -0.356 e. The number of carbonyl (C=O) groups excluding carboxylic acids is 1. The Morgan fingerprint density at radius 2 is 2.19 bits per heavy atom. The lowest BCUT2D eigenvalue weighted by Gasteiger charge is -2.52. The van der Waals surface area contributed by atoms with E-state index in [1.54, 1.807) is 0 Å². The average molecular weight is 359 g/mol. The van der Waals surface area contributed by atoms with Crippen molar-refractivity contribution in [3.05, 3.63) is 5.82 Å². The summed E-state index contributed by atoms with van der Waals surface area (Å²) in [5, 5.41) is 7.04. The predicted molar refractivity (Wildman–Crippen MR) is 96.8 cm³/mol. The maximum atomic E-state index is 11.7. The van der Waals surface area contributed by atoms with Crippen molar-refractivity contribution < 1.29 is 9.32 Å². The van der Waals surface area contributed by atoms with E-state index < -0.39 is 0 Å². The van der Waals surface area contributed by atoms with Crippen LogP contribution in [-0.4, -0.2) is 59.2 Å². The molecular weight excluding hydrogens is 330 g/mol. The zero-order chi connectivity index (χ0) is 17.7. The number of piperidine rings is 2. The van der Waals surface area contributed by atoms with Gasteiger partial charge in [0.05, 0.1) is 0 Å². The molecule has 5 heterocycles. The van der Waals surface area contributed by atoms with E-state index in [1.165, 1.54) is 38.6 Å². The highest BCUT2D eigenvalue weighted by Crippen LogP contribution is 2.43. The number of hydrogen-bond acceptors (Lipinski definition) is 6. The molecule has 142 valence electrons. The van der Waals surface area contributed by atoms with Gasteiger partial charge in [0.2, 0.25) is 5.91 Å². The van der Waals surface area contributed by atoms with Gasteiger partial charge in [-0.05, 0) is 69.9 Å². The van der Waals surface area contributed by atoms with E-state index in [9.17, 15) is 4.79 Å². The number of fused-ring (bicyclic) bond motifs is 3. The molecule has 6 rings (SSSR count). The van der Waals surface area contributed by atoms with Gasteiger partial charge in [0.1, 0.15) is 0 Å². The molecule has 1 spiro atoms. The Morgan fingerprint density at radius 3 is 2.88 bits per heavy atom. The Labute approximate surface area is 154 Å². The number of hydrogen-bond donors (Lipinski definition) is 1. The number of rotatable bonds is 2. The van der Waals surface area contributed by atoms with Crippen molar-refractivity contribution >= 4 is 11.9 Å². The number of aryl methyl sites for hydroxylation is 1. The number of anilines is 1. The molecule has 4 atom stereocenters. The average Bonchev–Trinajstić information content (AvgIpc) is 3.17. The third-order valence-electron chi connectivity index (χ3n) is 7.31. The lowest BCUT2D eigenvalue weighted by Crippen LogP contribution is -2.59. The number of carbonyl (C=O) groups is 1. The van der Waals surface area contributed by atoms with Gasteiger partial charge in [0.15, 0.2) is 5.82 Å². The summed E-state index contributed by atoms with van der Waals surface area (Å²) >= 11 is 0. The molecule has 1 saturated carbocycles. The normalized spacial score (nSPS) is 38.0. The smallest absolute Gasteiger partial charge is 0.324 e. The molecule has 5 aliphatic rings. The van der Waals surface area contributed by atoms with Crippen LogP contribution in [0.2, 0.25) is 0 Å². The molecular formula is C19H29N5O2. The molecule has 1 N–H and O–H groups in total. The van der Waals surface area contributed by atoms with Crippen molar-refractivity contribution in [2.45, 2.75) is 64.0 Å². The topological polar surface area (TPSA) is 74.5 Å². The van der Waals surface area contributed by atoms with Crippen LogP contribution in [0, 0.1) is 18.3 Å². The van der Waals surface area contributed by atoms with Crippen LogP contribution in [0.4, 0.5) is 6.01 Å². The molecule has 0 radical (unpaired) electrons. The second kappa shape index (κ2) is 6.22. The summed E-state index contributed by atoms with van der Waals surface area (Å²) in [6.07, 6.45) is 8.05. The van der Waals surface area contributed by atoms with Crippen molar-refractivity contribution in [3.63, 3.8) is 0 Å². The molecule has 1 aliphatic carbocycles.